The highest BCUT2D eigenvalue weighted by Crippen LogP contribution is 2.19. The van der Waals surface area contributed by atoms with Crippen LogP contribution in [0, 0.1) is 20.8 Å². The van der Waals surface area contributed by atoms with E-state index >= 15 is 0 Å². The van der Waals surface area contributed by atoms with E-state index in [0.717, 1.165) is 16.9 Å². The van der Waals surface area contributed by atoms with Gasteiger partial charge in [0.05, 0.1) is 0 Å². The molecule has 1 amide bonds. The predicted octanol–water partition coefficient (Wildman–Crippen LogP) is 3.19. The third kappa shape index (κ3) is 3.36. The molecule has 0 unspecified atom stereocenters. The van der Waals surface area contributed by atoms with Crippen LogP contribution < -0.4 is 9.88 Å². The van der Waals surface area contributed by atoms with Crippen LogP contribution in [0.2, 0.25) is 5.02 Å². The van der Waals surface area contributed by atoms with E-state index in [-0.39, 0.29) is 5.91 Å². The molecule has 3 nitrogen and oxygen atoms in total. The number of aryl methyl sites for hydroxylation is 2. The van der Waals surface area contributed by atoms with Crippen molar-refractivity contribution in [2.45, 2.75) is 27.3 Å². The monoisotopic (exact) mass is 289 g/mol. The van der Waals surface area contributed by atoms with Crippen molar-refractivity contribution >= 4 is 23.2 Å². The van der Waals surface area contributed by atoms with Gasteiger partial charge in [0.15, 0.2) is 11.9 Å². The van der Waals surface area contributed by atoms with Gasteiger partial charge in [-0.2, -0.15) is 4.57 Å². The average Bonchev–Trinajstić information content (AvgIpc) is 2.39. The van der Waals surface area contributed by atoms with Gasteiger partial charge in [-0.15, -0.1) is 0 Å². The Kier molecular flexibility index (Phi) is 4.40. The summed E-state index contributed by atoms with van der Waals surface area (Å²) < 4.78 is 1.94. The van der Waals surface area contributed by atoms with Crippen molar-refractivity contribution in [3.05, 3.63) is 58.4 Å². The zero-order valence-corrected chi connectivity index (χ0v) is 12.7. The summed E-state index contributed by atoms with van der Waals surface area (Å²) in [4.78, 5) is 12.1. The first-order valence-corrected chi connectivity index (χ1v) is 6.87. The SMILES string of the molecule is Cc1ccc(Cl)cc1NC(=O)C[n+]1cccc(C)c1C. The maximum absolute atomic E-state index is 12.1. The van der Waals surface area contributed by atoms with Crippen molar-refractivity contribution in [1.29, 1.82) is 0 Å². The van der Waals surface area contributed by atoms with Crippen molar-refractivity contribution < 1.29 is 9.36 Å². The molecule has 0 saturated heterocycles. The van der Waals surface area contributed by atoms with E-state index in [0.29, 0.717) is 11.6 Å². The Balaban J connectivity index is 2.13. The summed E-state index contributed by atoms with van der Waals surface area (Å²) in [5, 5.41) is 3.52. The molecule has 20 heavy (non-hydrogen) atoms. The number of carbonyl (C=O) groups excluding carboxylic acids is 1. The highest BCUT2D eigenvalue weighted by molar-refractivity contribution is 6.31. The fraction of sp³-hybridized carbons (Fsp3) is 0.250. The van der Waals surface area contributed by atoms with Gasteiger partial charge in [0, 0.05) is 29.3 Å². The molecule has 0 radical (unpaired) electrons. The number of halogens is 1. The Morgan fingerprint density at radius 1 is 1.20 bits per heavy atom. The molecule has 0 saturated carbocycles. The van der Waals surface area contributed by atoms with Crippen LogP contribution >= 0.6 is 11.6 Å². The van der Waals surface area contributed by atoms with Gasteiger partial charge in [-0.25, -0.2) is 0 Å². The molecule has 0 atom stereocenters. The summed E-state index contributed by atoms with van der Waals surface area (Å²) in [5.41, 5.74) is 4.01. The normalized spacial score (nSPS) is 10.4. The molecule has 1 N–H and O–H groups in total. The lowest BCUT2D eigenvalue weighted by Gasteiger charge is -2.08. The van der Waals surface area contributed by atoms with Gasteiger partial charge < -0.3 is 5.32 Å². The Hall–Kier alpha value is -1.87. The highest BCUT2D eigenvalue weighted by atomic mass is 35.5. The first kappa shape index (κ1) is 14.5. The van der Waals surface area contributed by atoms with E-state index in [1.807, 2.05) is 55.8 Å². The number of pyridine rings is 1. The van der Waals surface area contributed by atoms with Crippen LogP contribution in [0.1, 0.15) is 16.8 Å². The van der Waals surface area contributed by atoms with Crippen LogP contribution in [0.15, 0.2) is 36.5 Å². The van der Waals surface area contributed by atoms with E-state index in [9.17, 15) is 4.79 Å². The van der Waals surface area contributed by atoms with Gasteiger partial charge in [0.2, 0.25) is 6.54 Å². The molecule has 104 valence electrons. The maximum Gasteiger partial charge on any atom is 0.290 e. The number of nitrogens with zero attached hydrogens (tertiary/aromatic N) is 1. The van der Waals surface area contributed by atoms with E-state index < -0.39 is 0 Å². The van der Waals surface area contributed by atoms with Gasteiger partial charge in [-0.1, -0.05) is 17.7 Å². The first-order valence-electron chi connectivity index (χ1n) is 6.49. The number of hydrogen-bond acceptors (Lipinski definition) is 1. The molecule has 2 rings (SSSR count). The Labute approximate surface area is 124 Å². The molecule has 0 aliphatic carbocycles. The summed E-state index contributed by atoms with van der Waals surface area (Å²) in [7, 11) is 0. The van der Waals surface area contributed by atoms with Crippen LogP contribution in [0.25, 0.3) is 0 Å². The standard InChI is InChI=1S/C16H17ClN2O/c1-11-5-4-8-19(13(11)3)10-16(20)18-15-9-14(17)7-6-12(15)2/h4-9H,10H2,1-3H3/p+1. The van der Waals surface area contributed by atoms with E-state index in [1.165, 1.54) is 5.56 Å². The van der Waals surface area contributed by atoms with Crippen LogP contribution in [-0.4, -0.2) is 5.91 Å². The number of aromatic nitrogens is 1. The summed E-state index contributed by atoms with van der Waals surface area (Å²) in [6.45, 7) is 6.27. The average molecular weight is 290 g/mol. The molecule has 1 aromatic heterocycles. The molecular formula is C16H18ClN2O+. The summed E-state index contributed by atoms with van der Waals surface area (Å²) in [6.07, 6.45) is 1.91. The summed E-state index contributed by atoms with van der Waals surface area (Å²) >= 11 is 5.95. The van der Waals surface area contributed by atoms with Gasteiger partial charge in [-0.05, 0) is 37.6 Å². The summed E-state index contributed by atoms with van der Waals surface area (Å²) in [5.74, 6) is -0.0610. The molecule has 1 heterocycles. The quantitative estimate of drug-likeness (QED) is 0.865. The molecule has 0 aliphatic rings. The minimum Gasteiger partial charge on any atom is -0.320 e. The minimum absolute atomic E-state index is 0.0610. The molecule has 1 aromatic carbocycles. The van der Waals surface area contributed by atoms with Crippen molar-refractivity contribution in [3.63, 3.8) is 0 Å². The molecule has 0 fully saturated rings. The smallest absolute Gasteiger partial charge is 0.290 e. The fourth-order valence-corrected chi connectivity index (χ4v) is 2.17. The molecule has 4 heteroatoms. The second-order valence-electron chi connectivity index (χ2n) is 4.91. The van der Waals surface area contributed by atoms with Crippen LogP contribution in [0.4, 0.5) is 5.69 Å². The molecule has 0 bridgehead atoms. The fourth-order valence-electron chi connectivity index (χ4n) is 1.99. The Morgan fingerprint density at radius 3 is 2.70 bits per heavy atom. The molecule has 0 spiro atoms. The van der Waals surface area contributed by atoms with Crippen molar-refractivity contribution in [2.75, 3.05) is 5.32 Å². The number of hydrogen-bond donors (Lipinski definition) is 1. The van der Waals surface area contributed by atoms with E-state index in [4.69, 9.17) is 11.6 Å². The van der Waals surface area contributed by atoms with Crippen LogP contribution in [0.5, 0.6) is 0 Å². The summed E-state index contributed by atoms with van der Waals surface area (Å²) in [6, 6.07) is 9.45. The largest absolute Gasteiger partial charge is 0.320 e. The lowest BCUT2D eigenvalue weighted by molar-refractivity contribution is -0.690. The highest BCUT2D eigenvalue weighted by Gasteiger charge is 2.14. The lowest BCUT2D eigenvalue weighted by Crippen LogP contribution is -2.43. The number of nitrogens with one attached hydrogen (secondary N) is 1. The second kappa shape index (κ2) is 6.06. The number of anilines is 1. The molecule has 0 aliphatic heterocycles. The Morgan fingerprint density at radius 2 is 1.95 bits per heavy atom. The molecular weight excluding hydrogens is 272 g/mol. The third-order valence-corrected chi connectivity index (χ3v) is 3.64. The maximum atomic E-state index is 12.1. The van der Waals surface area contributed by atoms with Crippen molar-refractivity contribution in [2.24, 2.45) is 0 Å². The topological polar surface area (TPSA) is 33.0 Å². The minimum atomic E-state index is -0.0610. The number of rotatable bonds is 3. The van der Waals surface area contributed by atoms with Gasteiger partial charge in [0.25, 0.3) is 5.91 Å². The van der Waals surface area contributed by atoms with Gasteiger partial charge in [0.1, 0.15) is 0 Å². The van der Waals surface area contributed by atoms with Crippen molar-refractivity contribution in [3.8, 4) is 0 Å². The lowest BCUT2D eigenvalue weighted by atomic mass is 10.2. The zero-order chi connectivity index (χ0) is 14.7. The van der Waals surface area contributed by atoms with Crippen molar-refractivity contribution in [1.82, 2.24) is 0 Å². The van der Waals surface area contributed by atoms with Gasteiger partial charge >= 0.3 is 0 Å². The zero-order valence-electron chi connectivity index (χ0n) is 11.9. The predicted molar refractivity (Wildman–Crippen MR) is 80.9 cm³/mol. The first-order chi connectivity index (χ1) is 9.47. The number of amides is 1. The van der Waals surface area contributed by atoms with E-state index in [1.54, 1.807) is 6.07 Å². The number of carbonyl (C=O) groups is 1. The molecule has 2 aromatic rings. The van der Waals surface area contributed by atoms with Crippen LogP contribution in [-0.2, 0) is 11.3 Å². The Bertz CT molecular complexity index is 647. The third-order valence-electron chi connectivity index (χ3n) is 3.40. The van der Waals surface area contributed by atoms with Gasteiger partial charge in [-0.3, -0.25) is 4.79 Å². The van der Waals surface area contributed by atoms with E-state index in [2.05, 4.69) is 5.32 Å². The second-order valence-corrected chi connectivity index (χ2v) is 5.35. The number of benzene rings is 1. The van der Waals surface area contributed by atoms with Crippen LogP contribution in [0.3, 0.4) is 0 Å².